The number of nitrogens with zero attached hydrogens (tertiary/aromatic N) is 2. The highest BCUT2D eigenvalue weighted by Gasteiger charge is 2.32. The molecule has 0 spiro atoms. The maximum Gasteiger partial charge on any atom is 0.264 e. The Kier molecular flexibility index (Phi) is 9.90. The van der Waals surface area contributed by atoms with Crippen molar-refractivity contribution in [3.63, 3.8) is 0 Å². The summed E-state index contributed by atoms with van der Waals surface area (Å²) in [5.74, 6) is -0.269. The van der Waals surface area contributed by atoms with Crippen molar-refractivity contribution in [3.05, 3.63) is 90.0 Å². The number of carbonyl (C=O) groups is 2. The molecule has 9 heteroatoms. The van der Waals surface area contributed by atoms with Crippen LogP contribution in [0, 0.1) is 6.92 Å². The third-order valence-electron chi connectivity index (χ3n) is 6.29. The van der Waals surface area contributed by atoms with Crippen LogP contribution in [0.2, 0.25) is 0 Å². The predicted octanol–water partition coefficient (Wildman–Crippen LogP) is 4.14. The molecule has 0 saturated heterocycles. The van der Waals surface area contributed by atoms with Crippen LogP contribution in [-0.4, -0.2) is 51.4 Å². The van der Waals surface area contributed by atoms with Gasteiger partial charge in [0.15, 0.2) is 0 Å². The second-order valence-corrected chi connectivity index (χ2v) is 10.8. The van der Waals surface area contributed by atoms with Crippen LogP contribution in [0.1, 0.15) is 31.4 Å². The summed E-state index contributed by atoms with van der Waals surface area (Å²) in [5, 5.41) is 2.84. The van der Waals surface area contributed by atoms with Gasteiger partial charge in [-0.05, 0) is 67.8 Å². The lowest BCUT2D eigenvalue weighted by Crippen LogP contribution is -2.51. The van der Waals surface area contributed by atoms with Crippen LogP contribution >= 0.6 is 0 Å². The first-order valence-corrected chi connectivity index (χ1v) is 14.0. The molecule has 1 atom stereocenters. The smallest absolute Gasteiger partial charge is 0.264 e. The molecule has 0 saturated carbocycles. The number of sulfonamides is 1. The van der Waals surface area contributed by atoms with E-state index in [9.17, 15) is 18.0 Å². The number of amides is 2. The van der Waals surface area contributed by atoms with Gasteiger partial charge in [-0.3, -0.25) is 13.9 Å². The van der Waals surface area contributed by atoms with E-state index in [1.165, 1.54) is 24.1 Å². The lowest BCUT2D eigenvalue weighted by Gasteiger charge is -2.32. The minimum atomic E-state index is -4.12. The van der Waals surface area contributed by atoms with E-state index in [-0.39, 0.29) is 17.3 Å². The highest BCUT2D eigenvalue weighted by atomic mass is 32.2. The van der Waals surface area contributed by atoms with Crippen molar-refractivity contribution in [1.29, 1.82) is 0 Å². The van der Waals surface area contributed by atoms with Gasteiger partial charge in [-0.2, -0.15) is 0 Å². The number of hydrogen-bond acceptors (Lipinski definition) is 5. The molecule has 0 aliphatic heterocycles. The largest absolute Gasteiger partial charge is 0.497 e. The molecule has 0 aromatic heterocycles. The van der Waals surface area contributed by atoms with Gasteiger partial charge in [0.2, 0.25) is 11.8 Å². The molecule has 38 heavy (non-hydrogen) atoms. The highest BCUT2D eigenvalue weighted by Crippen LogP contribution is 2.26. The molecular formula is C29H35N3O5S. The van der Waals surface area contributed by atoms with Crippen molar-refractivity contribution in [3.8, 4) is 5.75 Å². The predicted molar refractivity (Wildman–Crippen MR) is 148 cm³/mol. The van der Waals surface area contributed by atoms with Crippen molar-refractivity contribution >= 4 is 27.5 Å². The van der Waals surface area contributed by atoms with Gasteiger partial charge >= 0.3 is 0 Å². The summed E-state index contributed by atoms with van der Waals surface area (Å²) < 4.78 is 33.8. The van der Waals surface area contributed by atoms with Crippen molar-refractivity contribution < 1.29 is 22.7 Å². The first-order chi connectivity index (χ1) is 18.2. The SMILES string of the molecule is CCCNC(=O)[C@H](C)N(Cc1ccccc1C)C(=O)CN(c1ccccc1)S(=O)(=O)c1ccc(OC)cc1. The molecule has 0 radical (unpaired) electrons. The molecule has 3 aromatic rings. The molecule has 1 N–H and O–H groups in total. The third-order valence-corrected chi connectivity index (χ3v) is 8.08. The van der Waals surface area contributed by atoms with Crippen molar-refractivity contribution in [2.75, 3.05) is 24.5 Å². The van der Waals surface area contributed by atoms with Crippen LogP contribution < -0.4 is 14.4 Å². The summed E-state index contributed by atoms with van der Waals surface area (Å²) in [5.41, 5.74) is 2.19. The number of nitrogens with one attached hydrogen (secondary N) is 1. The zero-order valence-corrected chi connectivity index (χ0v) is 23.1. The molecule has 0 unspecified atom stereocenters. The number of aryl methyl sites for hydroxylation is 1. The van der Waals surface area contributed by atoms with E-state index < -0.39 is 28.5 Å². The summed E-state index contributed by atoms with van der Waals surface area (Å²) in [6.07, 6.45) is 0.756. The fraction of sp³-hybridized carbons (Fsp3) is 0.310. The van der Waals surface area contributed by atoms with Crippen LogP contribution in [0.25, 0.3) is 0 Å². The molecule has 202 valence electrons. The van der Waals surface area contributed by atoms with Crippen LogP contribution in [0.5, 0.6) is 5.75 Å². The van der Waals surface area contributed by atoms with Crippen molar-refractivity contribution in [1.82, 2.24) is 10.2 Å². The number of ether oxygens (including phenoxy) is 1. The number of carbonyl (C=O) groups excluding carboxylic acids is 2. The second-order valence-electron chi connectivity index (χ2n) is 8.94. The fourth-order valence-corrected chi connectivity index (χ4v) is 5.36. The first-order valence-electron chi connectivity index (χ1n) is 12.5. The fourth-order valence-electron chi connectivity index (χ4n) is 3.95. The van der Waals surface area contributed by atoms with Gasteiger partial charge in [0.05, 0.1) is 17.7 Å². The zero-order valence-electron chi connectivity index (χ0n) is 22.3. The third kappa shape index (κ3) is 6.92. The van der Waals surface area contributed by atoms with E-state index in [2.05, 4.69) is 5.32 Å². The second kappa shape index (κ2) is 13.1. The minimum Gasteiger partial charge on any atom is -0.497 e. The standard InChI is InChI=1S/C29H35N3O5S/c1-5-19-30-29(34)23(3)31(20-24-12-10-9-11-22(24)2)28(33)21-32(25-13-7-6-8-14-25)38(35,36)27-17-15-26(37-4)16-18-27/h6-18,23H,5,19-21H2,1-4H3,(H,30,34)/t23-/m0/s1. The van der Waals surface area contributed by atoms with Gasteiger partial charge in [-0.15, -0.1) is 0 Å². The van der Waals surface area contributed by atoms with Gasteiger partial charge in [-0.1, -0.05) is 49.4 Å². The highest BCUT2D eigenvalue weighted by molar-refractivity contribution is 7.92. The van der Waals surface area contributed by atoms with E-state index in [0.29, 0.717) is 18.0 Å². The normalized spacial score (nSPS) is 11.9. The molecule has 0 aliphatic carbocycles. The average molecular weight is 538 g/mol. The Hall–Kier alpha value is -3.85. The van der Waals surface area contributed by atoms with Crippen LogP contribution in [0.15, 0.2) is 83.8 Å². The molecule has 8 nitrogen and oxygen atoms in total. The number of para-hydroxylation sites is 1. The molecule has 0 aliphatic rings. The van der Waals surface area contributed by atoms with Crippen LogP contribution in [-0.2, 0) is 26.2 Å². The molecule has 3 rings (SSSR count). The van der Waals surface area contributed by atoms with Crippen molar-refractivity contribution in [2.45, 2.75) is 44.7 Å². The number of anilines is 1. The molecule has 2 amide bonds. The van der Waals surface area contributed by atoms with E-state index in [0.717, 1.165) is 21.9 Å². The van der Waals surface area contributed by atoms with E-state index in [1.807, 2.05) is 38.1 Å². The number of hydrogen-bond donors (Lipinski definition) is 1. The summed E-state index contributed by atoms with van der Waals surface area (Å²) in [6, 6.07) is 21.3. The monoisotopic (exact) mass is 537 g/mol. The average Bonchev–Trinajstić information content (AvgIpc) is 2.94. The molecule has 0 bridgehead atoms. The number of methoxy groups -OCH3 is 1. The summed E-state index contributed by atoms with van der Waals surface area (Å²) in [6.45, 7) is 5.71. The lowest BCUT2D eigenvalue weighted by molar-refractivity contribution is -0.139. The zero-order chi connectivity index (χ0) is 27.7. The minimum absolute atomic E-state index is 0.0224. The summed E-state index contributed by atoms with van der Waals surface area (Å²) in [4.78, 5) is 28.2. The maximum absolute atomic E-state index is 13.9. The molecular weight excluding hydrogens is 502 g/mol. The Morgan fingerprint density at radius 2 is 1.58 bits per heavy atom. The van der Waals surface area contributed by atoms with Crippen LogP contribution in [0.3, 0.4) is 0 Å². The Labute approximate surface area is 225 Å². The molecule has 0 fully saturated rings. The first kappa shape index (κ1) is 28.7. The Bertz CT molecular complexity index is 1330. The van der Waals surface area contributed by atoms with Gasteiger partial charge in [-0.25, -0.2) is 8.42 Å². The van der Waals surface area contributed by atoms with Crippen LogP contribution in [0.4, 0.5) is 5.69 Å². The number of benzene rings is 3. The van der Waals surface area contributed by atoms with Gasteiger partial charge in [0.25, 0.3) is 10.0 Å². The van der Waals surface area contributed by atoms with Gasteiger partial charge in [0.1, 0.15) is 18.3 Å². The summed E-state index contributed by atoms with van der Waals surface area (Å²) >= 11 is 0. The van der Waals surface area contributed by atoms with E-state index >= 15 is 0 Å². The summed E-state index contributed by atoms with van der Waals surface area (Å²) in [7, 11) is -2.62. The topological polar surface area (TPSA) is 96.0 Å². The van der Waals surface area contributed by atoms with Gasteiger partial charge < -0.3 is 15.0 Å². The molecule has 0 heterocycles. The van der Waals surface area contributed by atoms with Gasteiger partial charge in [0, 0.05) is 13.1 Å². The van der Waals surface area contributed by atoms with E-state index in [1.54, 1.807) is 49.4 Å². The Morgan fingerprint density at radius 3 is 2.18 bits per heavy atom. The molecule has 3 aromatic carbocycles. The van der Waals surface area contributed by atoms with E-state index in [4.69, 9.17) is 4.74 Å². The number of rotatable bonds is 12. The van der Waals surface area contributed by atoms with Crippen molar-refractivity contribution in [2.24, 2.45) is 0 Å². The maximum atomic E-state index is 13.9. The lowest BCUT2D eigenvalue weighted by atomic mass is 10.1. The quantitative estimate of drug-likeness (QED) is 0.375. The Morgan fingerprint density at radius 1 is 0.947 bits per heavy atom. The Balaban J connectivity index is 2.00.